The zero-order valence-electron chi connectivity index (χ0n) is 18.3. The van der Waals surface area contributed by atoms with Crippen molar-refractivity contribution in [2.24, 2.45) is 0 Å². The second-order valence-corrected chi connectivity index (χ2v) is 8.46. The van der Waals surface area contributed by atoms with Gasteiger partial charge in [0.1, 0.15) is 5.82 Å². The molecular weight excluding hydrogens is 487 g/mol. The molecule has 0 bridgehead atoms. The Morgan fingerprint density at radius 1 is 1.06 bits per heavy atom. The van der Waals surface area contributed by atoms with Crippen molar-refractivity contribution in [1.82, 2.24) is 15.3 Å². The molecule has 1 aromatic heterocycles. The van der Waals surface area contributed by atoms with Crippen LogP contribution in [0.25, 0.3) is 10.9 Å². The summed E-state index contributed by atoms with van der Waals surface area (Å²) in [4.78, 5) is 34.4. The summed E-state index contributed by atoms with van der Waals surface area (Å²) in [5, 5.41) is 18.6. The minimum absolute atomic E-state index is 0.149. The standard InChI is InChI=1S/C25H20Cl2N6O2/c26-16-6-9-22-19(10-16)25(35)32-23(31-22)20(15-4-2-1-3-5-15)12-30-24(34)18-8-7-17(11-21(18)27)33(13-28)14-29/h1-11,13-14,20,28-29H,12H2,(H,30,34)(H,31,32,35)/t20-/m0/s1. The van der Waals surface area contributed by atoms with E-state index < -0.39 is 11.8 Å². The van der Waals surface area contributed by atoms with Crippen LogP contribution in [-0.2, 0) is 0 Å². The van der Waals surface area contributed by atoms with Crippen molar-refractivity contribution < 1.29 is 4.79 Å². The Morgan fingerprint density at radius 2 is 1.80 bits per heavy atom. The number of rotatable bonds is 8. The number of carbonyl (C=O) groups excluding carboxylic acids is 1. The molecule has 0 aliphatic carbocycles. The van der Waals surface area contributed by atoms with Gasteiger partial charge in [-0.05, 0) is 42.0 Å². The number of halogens is 2. The third-order valence-electron chi connectivity index (χ3n) is 5.46. The topological polar surface area (TPSA) is 126 Å². The molecule has 4 rings (SSSR count). The maximum atomic E-state index is 13.0. The normalized spacial score (nSPS) is 11.6. The molecule has 0 saturated heterocycles. The number of hydrogen-bond acceptors (Lipinski definition) is 5. The van der Waals surface area contributed by atoms with E-state index in [-0.39, 0.29) is 22.7 Å². The Hall–Kier alpha value is -4.01. The lowest BCUT2D eigenvalue weighted by Gasteiger charge is -2.19. The first-order valence-electron chi connectivity index (χ1n) is 10.5. The fraction of sp³-hybridized carbons (Fsp3) is 0.0800. The van der Waals surface area contributed by atoms with Gasteiger partial charge in [0.15, 0.2) is 0 Å². The SMILES string of the molecule is N=CN(C=N)c1ccc(C(=O)NC[C@@H](c2ccccc2)c2nc3ccc(Cl)cc3c(=O)[nH]2)c(Cl)c1. The molecule has 8 nitrogen and oxygen atoms in total. The number of H-pyrrole nitrogens is 1. The molecule has 35 heavy (non-hydrogen) atoms. The largest absolute Gasteiger partial charge is 0.351 e. The number of benzene rings is 3. The molecule has 0 radical (unpaired) electrons. The fourth-order valence-electron chi connectivity index (χ4n) is 3.68. The second kappa shape index (κ2) is 10.5. The van der Waals surface area contributed by atoms with Crippen LogP contribution in [0.4, 0.5) is 5.69 Å². The Bertz CT molecular complexity index is 1460. The molecule has 4 N–H and O–H groups in total. The molecule has 0 saturated carbocycles. The predicted molar refractivity (Wildman–Crippen MR) is 139 cm³/mol. The molecule has 1 heterocycles. The van der Waals surface area contributed by atoms with Gasteiger partial charge in [0.2, 0.25) is 0 Å². The average Bonchev–Trinajstić information content (AvgIpc) is 2.86. The van der Waals surface area contributed by atoms with Crippen molar-refractivity contribution in [3.8, 4) is 0 Å². The van der Waals surface area contributed by atoms with Crippen molar-refractivity contribution in [3.63, 3.8) is 0 Å². The summed E-state index contributed by atoms with van der Waals surface area (Å²) in [5.41, 5.74) is 1.77. The number of anilines is 1. The summed E-state index contributed by atoms with van der Waals surface area (Å²) in [7, 11) is 0. The number of aromatic amines is 1. The summed E-state index contributed by atoms with van der Waals surface area (Å²) < 4.78 is 0. The molecule has 4 aromatic rings. The zero-order chi connectivity index (χ0) is 24.9. The smallest absolute Gasteiger partial charge is 0.258 e. The van der Waals surface area contributed by atoms with Gasteiger partial charge < -0.3 is 10.3 Å². The number of amides is 1. The van der Waals surface area contributed by atoms with Crippen LogP contribution in [0.5, 0.6) is 0 Å². The highest BCUT2D eigenvalue weighted by atomic mass is 35.5. The highest BCUT2D eigenvalue weighted by Crippen LogP contribution is 2.25. The van der Waals surface area contributed by atoms with Gasteiger partial charge in [-0.15, -0.1) is 0 Å². The Kier molecular flexibility index (Phi) is 7.24. The second-order valence-electron chi connectivity index (χ2n) is 7.62. The number of aromatic nitrogens is 2. The Labute approximate surface area is 210 Å². The van der Waals surface area contributed by atoms with Crippen LogP contribution in [-0.4, -0.2) is 35.1 Å². The fourth-order valence-corrected chi connectivity index (χ4v) is 4.11. The first-order valence-corrected chi connectivity index (χ1v) is 11.3. The van der Waals surface area contributed by atoms with E-state index >= 15 is 0 Å². The Morgan fingerprint density at radius 3 is 2.49 bits per heavy atom. The third kappa shape index (κ3) is 5.24. The lowest BCUT2D eigenvalue weighted by Crippen LogP contribution is -2.31. The van der Waals surface area contributed by atoms with Gasteiger partial charge in [-0.3, -0.25) is 25.3 Å². The lowest BCUT2D eigenvalue weighted by atomic mass is 9.97. The highest BCUT2D eigenvalue weighted by Gasteiger charge is 2.21. The molecule has 176 valence electrons. The van der Waals surface area contributed by atoms with E-state index in [1.165, 1.54) is 17.0 Å². The summed E-state index contributed by atoms with van der Waals surface area (Å²) in [5.74, 6) is -0.434. The van der Waals surface area contributed by atoms with E-state index in [1.807, 2.05) is 30.3 Å². The first kappa shape index (κ1) is 24.1. The first-order chi connectivity index (χ1) is 16.9. The summed E-state index contributed by atoms with van der Waals surface area (Å²) in [6, 6.07) is 19.0. The zero-order valence-corrected chi connectivity index (χ0v) is 19.8. The van der Waals surface area contributed by atoms with Crippen LogP contribution >= 0.6 is 23.2 Å². The summed E-state index contributed by atoms with van der Waals surface area (Å²) in [6.07, 6.45) is 1.93. The van der Waals surface area contributed by atoms with Gasteiger partial charge >= 0.3 is 0 Å². The van der Waals surface area contributed by atoms with Crippen molar-refractivity contribution in [3.05, 3.63) is 104 Å². The van der Waals surface area contributed by atoms with Gasteiger partial charge in [0, 0.05) is 17.3 Å². The predicted octanol–water partition coefficient (Wildman–Crippen LogP) is 4.81. The molecule has 10 heteroatoms. The third-order valence-corrected chi connectivity index (χ3v) is 6.01. The number of hydrogen-bond donors (Lipinski definition) is 4. The molecule has 3 aromatic carbocycles. The average molecular weight is 507 g/mol. The van der Waals surface area contributed by atoms with E-state index in [2.05, 4.69) is 15.3 Å². The van der Waals surface area contributed by atoms with E-state index in [4.69, 9.17) is 34.0 Å². The molecular formula is C25H20Cl2N6O2. The minimum Gasteiger partial charge on any atom is -0.351 e. The van der Waals surface area contributed by atoms with Gasteiger partial charge in [-0.2, -0.15) is 0 Å². The Balaban J connectivity index is 1.64. The highest BCUT2D eigenvalue weighted by molar-refractivity contribution is 6.34. The molecule has 0 aliphatic heterocycles. The monoisotopic (exact) mass is 506 g/mol. The summed E-state index contributed by atoms with van der Waals surface area (Å²) in [6.45, 7) is 0.149. The van der Waals surface area contributed by atoms with Gasteiger partial charge in [-0.1, -0.05) is 53.5 Å². The number of fused-ring (bicyclic) bond motifs is 1. The van der Waals surface area contributed by atoms with Crippen LogP contribution in [0.2, 0.25) is 10.0 Å². The van der Waals surface area contributed by atoms with Crippen molar-refractivity contribution in [1.29, 1.82) is 10.8 Å². The van der Waals surface area contributed by atoms with Gasteiger partial charge in [0.25, 0.3) is 11.5 Å². The maximum absolute atomic E-state index is 13.0. The summed E-state index contributed by atoms with van der Waals surface area (Å²) >= 11 is 12.3. The van der Waals surface area contributed by atoms with Crippen LogP contribution < -0.4 is 15.8 Å². The number of carbonyl (C=O) groups is 1. The molecule has 0 unspecified atom stereocenters. The van der Waals surface area contributed by atoms with Crippen molar-refractivity contribution >= 4 is 58.4 Å². The van der Waals surface area contributed by atoms with E-state index in [1.54, 1.807) is 24.3 Å². The van der Waals surface area contributed by atoms with E-state index in [0.29, 0.717) is 27.4 Å². The molecule has 1 atom stereocenters. The maximum Gasteiger partial charge on any atom is 0.258 e. The van der Waals surface area contributed by atoms with Crippen LogP contribution in [0, 0.1) is 10.8 Å². The van der Waals surface area contributed by atoms with Crippen LogP contribution in [0.1, 0.15) is 27.7 Å². The van der Waals surface area contributed by atoms with Crippen molar-refractivity contribution in [2.75, 3.05) is 11.4 Å². The molecule has 0 fully saturated rings. The number of nitrogens with one attached hydrogen (secondary N) is 4. The van der Waals surface area contributed by atoms with Crippen LogP contribution in [0.15, 0.2) is 71.5 Å². The van der Waals surface area contributed by atoms with Gasteiger partial charge in [0.05, 0.1) is 40.1 Å². The lowest BCUT2D eigenvalue weighted by molar-refractivity contribution is 0.0952. The molecule has 1 amide bonds. The van der Waals surface area contributed by atoms with E-state index in [9.17, 15) is 9.59 Å². The van der Waals surface area contributed by atoms with Crippen LogP contribution in [0.3, 0.4) is 0 Å². The minimum atomic E-state index is -0.433. The van der Waals surface area contributed by atoms with E-state index in [0.717, 1.165) is 18.2 Å². The van der Waals surface area contributed by atoms with Gasteiger partial charge in [-0.25, -0.2) is 4.98 Å². The van der Waals surface area contributed by atoms with Crippen molar-refractivity contribution in [2.45, 2.75) is 5.92 Å². The number of nitrogens with zero attached hydrogens (tertiary/aromatic N) is 2. The molecule has 0 aliphatic rings. The quantitative estimate of drug-likeness (QED) is 0.202. The molecule has 0 spiro atoms.